The predicted octanol–water partition coefficient (Wildman–Crippen LogP) is 1.18. The second-order valence-corrected chi connectivity index (χ2v) is 7.77. The number of aromatic nitrogens is 2. The molecule has 2 aromatic rings. The molecule has 7 nitrogen and oxygen atoms in total. The lowest BCUT2D eigenvalue weighted by Gasteiger charge is -2.37. The maximum absolute atomic E-state index is 12.8. The number of nitrogens with zero attached hydrogens (tertiary/aromatic N) is 4. The highest BCUT2D eigenvalue weighted by Gasteiger charge is 2.48. The van der Waals surface area contributed by atoms with Gasteiger partial charge in [0.15, 0.2) is 0 Å². The summed E-state index contributed by atoms with van der Waals surface area (Å²) in [6.45, 7) is 3.52. The van der Waals surface area contributed by atoms with Crippen molar-refractivity contribution in [3.63, 3.8) is 0 Å². The van der Waals surface area contributed by atoms with Crippen LogP contribution >= 0.6 is 0 Å². The van der Waals surface area contributed by atoms with E-state index in [1.54, 1.807) is 15.9 Å². The van der Waals surface area contributed by atoms with Crippen LogP contribution in [0, 0.1) is 12.3 Å². The van der Waals surface area contributed by atoms with Crippen LogP contribution in [0.25, 0.3) is 10.8 Å². The van der Waals surface area contributed by atoms with E-state index in [0.717, 1.165) is 30.5 Å². The Morgan fingerprint density at radius 3 is 2.67 bits per heavy atom. The Bertz CT molecular complexity index is 983. The van der Waals surface area contributed by atoms with Crippen LogP contribution in [0.3, 0.4) is 0 Å². The smallest absolute Gasteiger partial charge is 0.275 e. The van der Waals surface area contributed by atoms with E-state index < -0.39 is 5.41 Å². The van der Waals surface area contributed by atoms with E-state index in [1.165, 1.54) is 4.68 Å². The zero-order valence-corrected chi connectivity index (χ0v) is 15.8. The fraction of sp³-hybridized carbons (Fsp3) is 0.500. The molecule has 0 aliphatic carbocycles. The van der Waals surface area contributed by atoms with Crippen molar-refractivity contribution in [2.45, 2.75) is 32.7 Å². The van der Waals surface area contributed by atoms with Crippen molar-refractivity contribution in [3.05, 3.63) is 40.3 Å². The van der Waals surface area contributed by atoms with E-state index in [2.05, 4.69) is 5.10 Å². The summed E-state index contributed by atoms with van der Waals surface area (Å²) in [5.41, 5.74) is 0.0206. The van der Waals surface area contributed by atoms with Crippen molar-refractivity contribution in [3.8, 4) is 0 Å². The van der Waals surface area contributed by atoms with E-state index in [4.69, 9.17) is 0 Å². The zero-order valence-electron chi connectivity index (χ0n) is 15.8. The standard InChI is InChI=1S/C20H24N4O3/c1-14-15-6-3-4-7-16(15)18(26)24(21-14)12-17(25)23-11-9-20(13-23)8-5-10-22(2)19(20)27/h3-4,6-7H,5,8-13H2,1-2H3/t20-/m0/s1. The summed E-state index contributed by atoms with van der Waals surface area (Å²) in [6.07, 6.45) is 2.49. The van der Waals surface area contributed by atoms with E-state index in [0.29, 0.717) is 24.9 Å². The molecule has 1 aromatic carbocycles. The fourth-order valence-electron chi connectivity index (χ4n) is 4.47. The van der Waals surface area contributed by atoms with Crippen molar-refractivity contribution in [1.29, 1.82) is 0 Å². The average Bonchev–Trinajstić information content (AvgIpc) is 3.09. The molecule has 0 radical (unpaired) electrons. The normalized spacial score (nSPS) is 22.8. The number of piperidine rings is 1. The lowest BCUT2D eigenvalue weighted by atomic mass is 9.78. The Labute approximate surface area is 157 Å². The minimum absolute atomic E-state index is 0.0926. The molecule has 2 amide bonds. The molecule has 142 valence electrons. The first-order valence-corrected chi connectivity index (χ1v) is 9.41. The number of amides is 2. The van der Waals surface area contributed by atoms with Gasteiger partial charge in [-0.25, -0.2) is 4.68 Å². The van der Waals surface area contributed by atoms with Crippen LogP contribution in [0.2, 0.25) is 0 Å². The van der Waals surface area contributed by atoms with Crippen LogP contribution < -0.4 is 5.56 Å². The molecular formula is C20H24N4O3. The molecule has 4 rings (SSSR count). The first-order valence-electron chi connectivity index (χ1n) is 9.41. The first kappa shape index (κ1) is 17.7. The van der Waals surface area contributed by atoms with Gasteiger partial charge < -0.3 is 9.80 Å². The van der Waals surface area contributed by atoms with Gasteiger partial charge in [0.25, 0.3) is 5.56 Å². The second kappa shape index (κ2) is 6.48. The molecule has 0 N–H and O–H groups in total. The number of hydrogen-bond donors (Lipinski definition) is 0. The van der Waals surface area contributed by atoms with Gasteiger partial charge in [-0.1, -0.05) is 18.2 Å². The molecule has 2 aliphatic heterocycles. The summed E-state index contributed by atoms with van der Waals surface area (Å²) in [4.78, 5) is 41.7. The summed E-state index contributed by atoms with van der Waals surface area (Å²) >= 11 is 0. The molecule has 3 heterocycles. The highest BCUT2D eigenvalue weighted by atomic mass is 16.2. The minimum atomic E-state index is -0.444. The Hall–Kier alpha value is -2.70. The van der Waals surface area contributed by atoms with E-state index in [9.17, 15) is 14.4 Å². The van der Waals surface area contributed by atoms with Gasteiger partial charge in [-0.2, -0.15) is 5.10 Å². The third-order valence-corrected chi connectivity index (χ3v) is 5.99. The second-order valence-electron chi connectivity index (χ2n) is 7.77. The molecule has 0 saturated carbocycles. The Morgan fingerprint density at radius 2 is 1.89 bits per heavy atom. The third kappa shape index (κ3) is 2.91. The van der Waals surface area contributed by atoms with Gasteiger partial charge >= 0.3 is 0 Å². The number of hydrogen-bond acceptors (Lipinski definition) is 4. The van der Waals surface area contributed by atoms with Crippen LogP contribution in [0.1, 0.15) is 25.0 Å². The maximum Gasteiger partial charge on any atom is 0.275 e. The van der Waals surface area contributed by atoms with E-state index >= 15 is 0 Å². The summed E-state index contributed by atoms with van der Waals surface area (Å²) in [5, 5.41) is 5.70. The lowest BCUT2D eigenvalue weighted by molar-refractivity contribution is -0.144. The predicted molar refractivity (Wildman–Crippen MR) is 101 cm³/mol. The number of rotatable bonds is 2. The quantitative estimate of drug-likeness (QED) is 0.798. The number of aryl methyl sites for hydroxylation is 1. The van der Waals surface area contributed by atoms with Crippen LogP contribution in [-0.4, -0.2) is 58.1 Å². The maximum atomic E-state index is 12.8. The van der Waals surface area contributed by atoms with Gasteiger partial charge in [0, 0.05) is 32.1 Å². The van der Waals surface area contributed by atoms with Crippen molar-refractivity contribution >= 4 is 22.6 Å². The van der Waals surface area contributed by atoms with Crippen molar-refractivity contribution in [2.75, 3.05) is 26.7 Å². The topological polar surface area (TPSA) is 75.5 Å². The molecule has 2 fully saturated rings. The molecular weight excluding hydrogens is 344 g/mol. The SMILES string of the molecule is Cc1nn(CC(=O)N2CC[C@@]3(CCCN(C)C3=O)C2)c(=O)c2ccccc12. The molecule has 7 heteroatoms. The Kier molecular flexibility index (Phi) is 4.25. The van der Waals surface area contributed by atoms with Crippen molar-refractivity contribution in [1.82, 2.24) is 19.6 Å². The molecule has 1 atom stereocenters. The molecule has 0 bridgehead atoms. The van der Waals surface area contributed by atoms with Gasteiger partial charge in [-0.3, -0.25) is 14.4 Å². The minimum Gasteiger partial charge on any atom is -0.345 e. The van der Waals surface area contributed by atoms with Crippen molar-refractivity contribution < 1.29 is 9.59 Å². The highest BCUT2D eigenvalue weighted by molar-refractivity contribution is 5.86. The fourth-order valence-corrected chi connectivity index (χ4v) is 4.47. The monoisotopic (exact) mass is 368 g/mol. The number of carbonyl (C=O) groups excluding carboxylic acids is 2. The summed E-state index contributed by atoms with van der Waals surface area (Å²) in [6, 6.07) is 7.30. The van der Waals surface area contributed by atoms with E-state index in [1.807, 2.05) is 32.2 Å². The number of likely N-dealkylation sites (tertiary alicyclic amines) is 2. The van der Waals surface area contributed by atoms with Gasteiger partial charge in [0.2, 0.25) is 11.8 Å². The van der Waals surface area contributed by atoms with Crippen molar-refractivity contribution in [2.24, 2.45) is 5.41 Å². The van der Waals surface area contributed by atoms with Crippen LogP contribution in [0.15, 0.2) is 29.1 Å². The third-order valence-electron chi connectivity index (χ3n) is 5.99. The molecule has 1 spiro atoms. The van der Waals surface area contributed by atoms with E-state index in [-0.39, 0.29) is 23.9 Å². The zero-order chi connectivity index (χ0) is 19.2. The summed E-state index contributed by atoms with van der Waals surface area (Å²) in [5.74, 6) is -0.0157. The number of benzene rings is 1. The lowest BCUT2D eigenvalue weighted by Crippen LogP contribution is -2.49. The number of carbonyl (C=O) groups is 2. The average molecular weight is 368 g/mol. The summed E-state index contributed by atoms with van der Waals surface area (Å²) < 4.78 is 1.25. The first-order chi connectivity index (χ1) is 12.9. The van der Waals surface area contributed by atoms with Crippen LogP contribution in [0.5, 0.6) is 0 Å². The molecule has 2 saturated heterocycles. The van der Waals surface area contributed by atoms with Gasteiger partial charge in [-0.15, -0.1) is 0 Å². The van der Waals surface area contributed by atoms with Gasteiger partial charge in [0.05, 0.1) is 16.5 Å². The number of fused-ring (bicyclic) bond motifs is 1. The van der Waals surface area contributed by atoms with Crippen LogP contribution in [0.4, 0.5) is 0 Å². The molecule has 27 heavy (non-hydrogen) atoms. The molecule has 2 aliphatic rings. The summed E-state index contributed by atoms with van der Waals surface area (Å²) in [7, 11) is 1.83. The largest absolute Gasteiger partial charge is 0.345 e. The highest BCUT2D eigenvalue weighted by Crippen LogP contribution is 2.39. The Morgan fingerprint density at radius 1 is 1.15 bits per heavy atom. The van der Waals surface area contributed by atoms with Gasteiger partial charge in [0.1, 0.15) is 6.54 Å². The Balaban J connectivity index is 1.55. The van der Waals surface area contributed by atoms with Crippen LogP contribution in [-0.2, 0) is 16.1 Å². The van der Waals surface area contributed by atoms with Gasteiger partial charge in [-0.05, 0) is 32.3 Å². The molecule has 0 unspecified atom stereocenters. The molecule has 1 aromatic heterocycles.